The van der Waals surface area contributed by atoms with Gasteiger partial charge in [0, 0.05) is 13.5 Å². The number of ether oxygens (including phenoxy) is 2. The fraction of sp³-hybridized carbons (Fsp3) is 0.778. The molecule has 0 fully saturated rings. The molecule has 0 rings (SSSR count). The van der Waals surface area contributed by atoms with E-state index in [-0.39, 0.29) is 38.6 Å². The number of Topliss-reactive ketones (excluding diaryl/α,β-unsaturated/α-hetero) is 1. The van der Waals surface area contributed by atoms with E-state index in [0.29, 0.717) is 6.61 Å². The van der Waals surface area contributed by atoms with Gasteiger partial charge >= 0.3 is 5.97 Å². The lowest BCUT2D eigenvalue weighted by atomic mass is 10.2. The van der Waals surface area contributed by atoms with E-state index in [9.17, 15) is 9.59 Å². The van der Waals surface area contributed by atoms with Crippen LogP contribution in [0, 0.1) is 0 Å². The molecule has 0 aromatic rings. The van der Waals surface area contributed by atoms with Gasteiger partial charge in [-0.15, -0.1) is 0 Å². The lowest BCUT2D eigenvalue weighted by molar-refractivity contribution is -0.145. The van der Waals surface area contributed by atoms with Crippen molar-refractivity contribution in [3.8, 4) is 0 Å². The standard InChI is InChI=1S/C8H14O4.CH4/c1-7(9)3-4-8(10)12-6-5-11-2;/h3-6H2,1-2H3;1H4. The Balaban J connectivity index is 0. The number of esters is 1. The largest absolute Gasteiger partial charge is 0.463 e. The summed E-state index contributed by atoms with van der Waals surface area (Å²) < 4.78 is 9.39. The second-order valence-corrected chi connectivity index (χ2v) is 2.42. The predicted molar refractivity (Wildman–Crippen MR) is 49.5 cm³/mol. The highest BCUT2D eigenvalue weighted by molar-refractivity contribution is 5.80. The van der Waals surface area contributed by atoms with Crippen LogP contribution in [0.25, 0.3) is 0 Å². The van der Waals surface area contributed by atoms with E-state index in [1.54, 1.807) is 0 Å². The molecular formula is C9H18O4. The topological polar surface area (TPSA) is 52.6 Å². The molecule has 0 saturated heterocycles. The maximum atomic E-state index is 10.8. The monoisotopic (exact) mass is 190 g/mol. The van der Waals surface area contributed by atoms with E-state index < -0.39 is 0 Å². The van der Waals surface area contributed by atoms with Gasteiger partial charge < -0.3 is 14.3 Å². The number of methoxy groups -OCH3 is 1. The summed E-state index contributed by atoms with van der Waals surface area (Å²) in [4.78, 5) is 21.2. The zero-order valence-electron chi connectivity index (χ0n) is 7.46. The van der Waals surface area contributed by atoms with Crippen LogP contribution in [-0.2, 0) is 19.1 Å². The van der Waals surface area contributed by atoms with Gasteiger partial charge in [-0.25, -0.2) is 0 Å². The summed E-state index contributed by atoms with van der Waals surface area (Å²) in [6.07, 6.45) is 0.421. The van der Waals surface area contributed by atoms with Gasteiger partial charge in [0.25, 0.3) is 0 Å². The zero-order valence-corrected chi connectivity index (χ0v) is 7.46. The Hall–Kier alpha value is -0.900. The van der Waals surface area contributed by atoms with E-state index in [1.165, 1.54) is 14.0 Å². The van der Waals surface area contributed by atoms with E-state index in [1.807, 2.05) is 0 Å². The molecule has 0 aromatic carbocycles. The Morgan fingerprint density at radius 2 is 1.77 bits per heavy atom. The van der Waals surface area contributed by atoms with Crippen LogP contribution in [0.1, 0.15) is 27.2 Å². The molecule has 0 atom stereocenters. The number of hydrogen-bond donors (Lipinski definition) is 0. The molecule has 0 aliphatic heterocycles. The third-order valence-electron chi connectivity index (χ3n) is 1.23. The predicted octanol–water partition coefficient (Wildman–Crippen LogP) is 1.18. The number of carbonyl (C=O) groups is 2. The molecule has 0 aliphatic carbocycles. The van der Waals surface area contributed by atoms with Crippen molar-refractivity contribution in [2.75, 3.05) is 20.3 Å². The van der Waals surface area contributed by atoms with Crippen molar-refractivity contribution in [1.82, 2.24) is 0 Å². The summed E-state index contributed by atoms with van der Waals surface area (Å²) in [5, 5.41) is 0. The summed E-state index contributed by atoms with van der Waals surface area (Å²) >= 11 is 0. The minimum Gasteiger partial charge on any atom is -0.463 e. The second-order valence-electron chi connectivity index (χ2n) is 2.42. The summed E-state index contributed by atoms with van der Waals surface area (Å²) in [5.41, 5.74) is 0. The molecule has 0 aromatic heterocycles. The van der Waals surface area contributed by atoms with E-state index in [4.69, 9.17) is 4.74 Å². The van der Waals surface area contributed by atoms with Gasteiger partial charge in [-0.2, -0.15) is 0 Å². The molecule has 4 nitrogen and oxygen atoms in total. The van der Waals surface area contributed by atoms with Crippen molar-refractivity contribution in [2.45, 2.75) is 27.2 Å². The summed E-state index contributed by atoms with van der Waals surface area (Å²) in [7, 11) is 1.53. The van der Waals surface area contributed by atoms with Gasteiger partial charge in [0.1, 0.15) is 12.4 Å². The van der Waals surface area contributed by atoms with E-state index in [2.05, 4.69) is 4.74 Å². The highest BCUT2D eigenvalue weighted by Crippen LogP contribution is 1.93. The summed E-state index contributed by atoms with van der Waals surface area (Å²) in [6.45, 7) is 2.10. The fourth-order valence-electron chi connectivity index (χ4n) is 0.589. The van der Waals surface area contributed by atoms with E-state index >= 15 is 0 Å². The van der Waals surface area contributed by atoms with Crippen LogP contribution in [0.4, 0.5) is 0 Å². The lowest BCUT2D eigenvalue weighted by Crippen LogP contribution is -2.10. The first-order valence-electron chi connectivity index (χ1n) is 3.81. The zero-order chi connectivity index (χ0) is 9.40. The highest BCUT2D eigenvalue weighted by atomic mass is 16.6. The quantitative estimate of drug-likeness (QED) is 0.466. The first-order valence-corrected chi connectivity index (χ1v) is 3.81. The van der Waals surface area contributed by atoms with Gasteiger partial charge in [0.05, 0.1) is 13.0 Å². The van der Waals surface area contributed by atoms with Crippen LogP contribution in [0.2, 0.25) is 0 Å². The molecule has 4 heteroatoms. The number of hydrogen-bond acceptors (Lipinski definition) is 4. The first kappa shape index (κ1) is 14.6. The average Bonchev–Trinajstić information content (AvgIpc) is 2.01. The minimum absolute atomic E-state index is 0. The molecule has 0 N–H and O–H groups in total. The molecule has 0 spiro atoms. The van der Waals surface area contributed by atoms with Crippen molar-refractivity contribution >= 4 is 11.8 Å². The fourth-order valence-corrected chi connectivity index (χ4v) is 0.589. The van der Waals surface area contributed by atoms with Crippen molar-refractivity contribution in [2.24, 2.45) is 0 Å². The van der Waals surface area contributed by atoms with Gasteiger partial charge in [-0.1, -0.05) is 7.43 Å². The lowest BCUT2D eigenvalue weighted by Gasteiger charge is -2.01. The Morgan fingerprint density at radius 3 is 2.23 bits per heavy atom. The first-order chi connectivity index (χ1) is 5.66. The Bertz CT molecular complexity index is 154. The SMILES string of the molecule is C.COCCOC(=O)CCC(C)=O. The molecule has 0 radical (unpaired) electrons. The van der Waals surface area contributed by atoms with Crippen molar-refractivity contribution < 1.29 is 19.1 Å². The molecule has 0 heterocycles. The molecule has 0 aliphatic rings. The van der Waals surface area contributed by atoms with Gasteiger partial charge in [0.2, 0.25) is 0 Å². The smallest absolute Gasteiger partial charge is 0.306 e. The second kappa shape index (κ2) is 9.19. The Labute approximate surface area is 79.2 Å². The molecule has 0 unspecified atom stereocenters. The van der Waals surface area contributed by atoms with Crippen LogP contribution in [0.15, 0.2) is 0 Å². The number of ketones is 1. The van der Waals surface area contributed by atoms with Crippen molar-refractivity contribution in [1.29, 1.82) is 0 Å². The van der Waals surface area contributed by atoms with Crippen LogP contribution in [-0.4, -0.2) is 32.1 Å². The van der Waals surface area contributed by atoms with Crippen LogP contribution in [0.5, 0.6) is 0 Å². The summed E-state index contributed by atoms with van der Waals surface area (Å²) in [5.74, 6) is -0.346. The highest BCUT2D eigenvalue weighted by Gasteiger charge is 2.03. The van der Waals surface area contributed by atoms with Crippen molar-refractivity contribution in [3.05, 3.63) is 0 Å². The van der Waals surface area contributed by atoms with Crippen LogP contribution >= 0.6 is 0 Å². The minimum atomic E-state index is -0.345. The van der Waals surface area contributed by atoms with Crippen LogP contribution in [0.3, 0.4) is 0 Å². The molecule has 0 amide bonds. The number of carbonyl (C=O) groups excluding carboxylic acids is 2. The van der Waals surface area contributed by atoms with Crippen molar-refractivity contribution in [3.63, 3.8) is 0 Å². The Kier molecular flexibility index (Phi) is 10.3. The molecule has 0 saturated carbocycles. The maximum Gasteiger partial charge on any atom is 0.306 e. The van der Waals surface area contributed by atoms with E-state index in [0.717, 1.165) is 0 Å². The third-order valence-corrected chi connectivity index (χ3v) is 1.23. The number of rotatable bonds is 6. The van der Waals surface area contributed by atoms with Crippen LogP contribution < -0.4 is 0 Å². The molecule has 0 bridgehead atoms. The average molecular weight is 190 g/mol. The molecule has 13 heavy (non-hydrogen) atoms. The molecule has 78 valence electrons. The summed E-state index contributed by atoms with van der Waals surface area (Å²) in [6, 6.07) is 0. The van der Waals surface area contributed by atoms with Gasteiger partial charge in [-0.3, -0.25) is 4.79 Å². The third kappa shape index (κ3) is 11.1. The molecular weight excluding hydrogens is 172 g/mol. The van der Waals surface area contributed by atoms with Gasteiger partial charge in [-0.05, 0) is 6.92 Å². The normalized spacial score (nSPS) is 8.77. The maximum absolute atomic E-state index is 10.8. The van der Waals surface area contributed by atoms with Gasteiger partial charge in [0.15, 0.2) is 0 Å². The Morgan fingerprint density at radius 1 is 1.15 bits per heavy atom.